The topological polar surface area (TPSA) is 159 Å². The largest absolute Gasteiger partial charge is 0.490 e. The number of nitrogens with one attached hydrogen (secondary N) is 3. The fourth-order valence-corrected chi connectivity index (χ4v) is 8.53. The molecule has 17 heteroatoms. The Kier molecular flexibility index (Phi) is 11.5. The maximum atomic E-state index is 15.9. The van der Waals surface area contributed by atoms with Crippen LogP contribution in [0.1, 0.15) is 105 Å². The van der Waals surface area contributed by atoms with Crippen LogP contribution in [-0.4, -0.2) is 85.1 Å². The number of ether oxygens (including phenoxy) is 1. The Hall–Kier alpha value is -5.71. The van der Waals surface area contributed by atoms with Gasteiger partial charge in [0.1, 0.15) is 22.9 Å². The molecule has 4 aromatic heterocycles. The highest BCUT2D eigenvalue weighted by molar-refractivity contribution is 6.09. The number of nitrogens with zero attached hydrogens (tertiary/aromatic N) is 6. The van der Waals surface area contributed by atoms with E-state index in [0.717, 1.165) is 31.4 Å². The van der Waals surface area contributed by atoms with Gasteiger partial charge in [-0.05, 0) is 88.2 Å². The van der Waals surface area contributed by atoms with Gasteiger partial charge in [0.2, 0.25) is 5.91 Å². The maximum absolute atomic E-state index is 15.9. The number of fused-ring (bicyclic) bond motifs is 2. The highest BCUT2D eigenvalue weighted by Crippen LogP contribution is 2.44. The number of hydrogen-bond donors (Lipinski definition) is 3. The van der Waals surface area contributed by atoms with Crippen LogP contribution in [0.2, 0.25) is 0 Å². The minimum Gasteiger partial charge on any atom is -0.490 e. The number of imide groups is 1. The Bertz CT molecular complexity index is 2480. The number of aromatic amines is 1. The minimum absolute atomic E-state index is 0.0689. The van der Waals surface area contributed by atoms with Gasteiger partial charge >= 0.3 is 6.03 Å². The zero-order chi connectivity index (χ0) is 42.3. The summed E-state index contributed by atoms with van der Waals surface area (Å²) in [4.78, 5) is 60.1. The van der Waals surface area contributed by atoms with Crippen molar-refractivity contribution in [3.8, 4) is 5.75 Å². The highest BCUT2D eigenvalue weighted by Gasteiger charge is 2.47. The van der Waals surface area contributed by atoms with E-state index < -0.39 is 47.6 Å². The second-order valence-corrected chi connectivity index (χ2v) is 16.7. The Morgan fingerprint density at radius 1 is 1.03 bits per heavy atom. The molecular formula is C43H50F3N9O5. The van der Waals surface area contributed by atoms with E-state index in [0.29, 0.717) is 35.4 Å². The molecule has 0 bridgehead atoms. The number of benzene rings is 1. The van der Waals surface area contributed by atoms with Gasteiger partial charge < -0.3 is 19.4 Å². The third-order valence-corrected chi connectivity index (χ3v) is 11.7. The van der Waals surface area contributed by atoms with Crippen molar-refractivity contribution < 1.29 is 32.3 Å². The van der Waals surface area contributed by atoms with E-state index in [2.05, 4.69) is 20.7 Å². The standard InChI is InChI=1S/C40H44F3N9O5.C3H6/c1-22(2)57-33-17-34-45-31(20-51(34)19-27(33)37(54)46-30-5-4-12-44-38(30)55)24-8-6-23(7-9-24)18-50-13-10-28(40(42,43)21-50)25-16-32-26(15-29(25)41)36(48-49(32)3)52-14-11-35(53)47-39(52)56;1-2-3-1/h4-5,12,15-17,19-20,22-24,28H,6-11,13-14,18,21H2,1-3H3,(H,44,55)(H,46,54)(H,47,53,56);1-3H2. The summed E-state index contributed by atoms with van der Waals surface area (Å²) in [5, 5.41) is 9.58. The number of aryl methyl sites for hydroxylation is 1. The number of halogens is 3. The fourth-order valence-electron chi connectivity index (χ4n) is 8.53. The predicted molar refractivity (Wildman–Crippen MR) is 219 cm³/mol. The Morgan fingerprint density at radius 3 is 2.48 bits per heavy atom. The van der Waals surface area contributed by atoms with Crippen molar-refractivity contribution in [1.82, 2.24) is 34.4 Å². The highest BCUT2D eigenvalue weighted by atomic mass is 19.3. The number of amides is 4. The van der Waals surface area contributed by atoms with E-state index in [4.69, 9.17) is 9.72 Å². The molecule has 6 heterocycles. The number of rotatable bonds is 9. The van der Waals surface area contributed by atoms with Crippen LogP contribution >= 0.6 is 0 Å². The zero-order valence-corrected chi connectivity index (χ0v) is 34.0. The van der Waals surface area contributed by atoms with Crippen molar-refractivity contribution in [3.05, 3.63) is 81.9 Å². The summed E-state index contributed by atoms with van der Waals surface area (Å²) < 4.78 is 56.8. The molecule has 1 atom stereocenters. The molecule has 2 aliphatic carbocycles. The molecule has 4 amide bonds. The van der Waals surface area contributed by atoms with Crippen LogP contribution in [0.3, 0.4) is 0 Å². The summed E-state index contributed by atoms with van der Waals surface area (Å²) in [6.07, 6.45) is 12.8. The first-order valence-corrected chi connectivity index (χ1v) is 20.8. The molecule has 5 aromatic rings. The minimum atomic E-state index is -3.18. The molecule has 2 aliphatic heterocycles. The molecule has 2 saturated carbocycles. The number of anilines is 2. The molecule has 1 aromatic carbocycles. The number of likely N-dealkylation sites (tertiary alicyclic amines) is 1. The van der Waals surface area contributed by atoms with Gasteiger partial charge in [0, 0.05) is 62.5 Å². The number of alkyl halides is 2. The second-order valence-electron chi connectivity index (χ2n) is 16.7. The van der Waals surface area contributed by atoms with Gasteiger partial charge in [-0.1, -0.05) is 19.3 Å². The monoisotopic (exact) mass is 829 g/mol. The van der Waals surface area contributed by atoms with Crippen LogP contribution in [0.25, 0.3) is 16.6 Å². The number of H-pyrrole nitrogens is 1. The molecule has 2 saturated heterocycles. The molecule has 4 fully saturated rings. The molecular weight excluding hydrogens is 780 g/mol. The van der Waals surface area contributed by atoms with Gasteiger partial charge in [-0.25, -0.2) is 22.9 Å². The molecule has 9 rings (SSSR count). The van der Waals surface area contributed by atoms with Crippen LogP contribution in [-0.2, 0) is 11.8 Å². The summed E-state index contributed by atoms with van der Waals surface area (Å²) >= 11 is 0. The number of carbonyl (C=O) groups is 3. The van der Waals surface area contributed by atoms with E-state index in [-0.39, 0.29) is 60.0 Å². The second kappa shape index (κ2) is 16.7. The number of imidazole rings is 1. The first-order chi connectivity index (χ1) is 28.7. The van der Waals surface area contributed by atoms with Crippen LogP contribution in [0.4, 0.5) is 29.5 Å². The van der Waals surface area contributed by atoms with Crippen molar-refractivity contribution in [2.75, 3.05) is 36.4 Å². The van der Waals surface area contributed by atoms with E-state index in [9.17, 15) is 19.2 Å². The Labute approximate surface area is 344 Å². The van der Waals surface area contributed by atoms with Crippen molar-refractivity contribution >= 4 is 45.9 Å². The first-order valence-electron chi connectivity index (χ1n) is 20.8. The number of carbonyl (C=O) groups excluding carboxylic acids is 3. The number of pyridine rings is 2. The lowest BCUT2D eigenvalue weighted by Crippen LogP contribution is -2.49. The van der Waals surface area contributed by atoms with E-state index >= 15 is 13.2 Å². The molecule has 0 radical (unpaired) electrons. The predicted octanol–water partition coefficient (Wildman–Crippen LogP) is 7.10. The van der Waals surface area contributed by atoms with Gasteiger partial charge in [0.15, 0.2) is 5.82 Å². The molecule has 60 heavy (non-hydrogen) atoms. The first kappa shape index (κ1) is 41.0. The van der Waals surface area contributed by atoms with Gasteiger partial charge in [0.25, 0.3) is 17.4 Å². The van der Waals surface area contributed by atoms with Crippen LogP contribution < -0.4 is 25.8 Å². The number of urea groups is 1. The average Bonchev–Trinajstić information content (AvgIpc) is 3.98. The Balaban J connectivity index is 0.00000159. The third kappa shape index (κ3) is 8.76. The van der Waals surface area contributed by atoms with E-state index in [1.807, 2.05) is 20.0 Å². The third-order valence-electron chi connectivity index (χ3n) is 11.7. The van der Waals surface area contributed by atoms with Gasteiger partial charge in [0.05, 0.1) is 35.3 Å². The number of aromatic nitrogens is 5. The van der Waals surface area contributed by atoms with Crippen molar-refractivity contribution in [1.29, 1.82) is 0 Å². The van der Waals surface area contributed by atoms with E-state index in [1.165, 1.54) is 53.2 Å². The number of hydrogen-bond acceptors (Lipinski definition) is 8. The summed E-state index contributed by atoms with van der Waals surface area (Å²) in [7, 11) is 1.61. The summed E-state index contributed by atoms with van der Waals surface area (Å²) in [5.74, 6) is -5.29. The zero-order valence-electron chi connectivity index (χ0n) is 34.0. The lowest BCUT2D eigenvalue weighted by Gasteiger charge is -2.41. The van der Waals surface area contributed by atoms with Crippen molar-refractivity contribution in [2.45, 2.75) is 95.5 Å². The van der Waals surface area contributed by atoms with Crippen LogP contribution in [0, 0.1) is 11.7 Å². The Morgan fingerprint density at radius 2 is 1.80 bits per heavy atom. The van der Waals surface area contributed by atoms with Crippen molar-refractivity contribution in [2.24, 2.45) is 13.0 Å². The number of piperidine rings is 1. The molecule has 318 valence electrons. The van der Waals surface area contributed by atoms with Gasteiger partial charge in [-0.2, -0.15) is 5.10 Å². The molecule has 3 N–H and O–H groups in total. The maximum Gasteiger partial charge on any atom is 0.329 e. The quantitative estimate of drug-likeness (QED) is 0.142. The summed E-state index contributed by atoms with van der Waals surface area (Å²) in [6, 6.07) is 6.79. The average molecular weight is 830 g/mol. The normalized spacial score (nSPS) is 21.8. The SMILES string of the molecule is C1CC1.CC(C)Oc1cc2nc(C3CCC(CN4CCC(c5cc6c(cc5F)c(N5CCC(=O)NC5=O)nn6C)C(F)(F)C4)CC3)cn2cc1C(=O)Nc1ccc[nH]c1=O. The van der Waals surface area contributed by atoms with Crippen LogP contribution in [0.15, 0.2) is 53.7 Å². The molecule has 1 unspecified atom stereocenters. The lowest BCUT2D eigenvalue weighted by molar-refractivity contribution is -0.120. The molecule has 14 nitrogen and oxygen atoms in total. The van der Waals surface area contributed by atoms with Gasteiger partial charge in [-0.15, -0.1) is 0 Å². The fraction of sp³-hybridized carbons (Fsp3) is 0.488. The summed E-state index contributed by atoms with van der Waals surface area (Å²) in [6.45, 7) is 4.24. The smallest absolute Gasteiger partial charge is 0.329 e. The van der Waals surface area contributed by atoms with Gasteiger partial charge in [-0.3, -0.25) is 34.2 Å². The molecule has 4 aliphatic rings. The molecule has 0 spiro atoms. The lowest BCUT2D eigenvalue weighted by atomic mass is 9.79. The van der Waals surface area contributed by atoms with Crippen molar-refractivity contribution in [3.63, 3.8) is 0 Å². The summed E-state index contributed by atoms with van der Waals surface area (Å²) in [5.41, 5.74) is 1.79. The van der Waals surface area contributed by atoms with Crippen LogP contribution in [0.5, 0.6) is 5.75 Å². The van der Waals surface area contributed by atoms with E-state index in [1.54, 1.807) is 34.7 Å².